The van der Waals surface area contributed by atoms with Gasteiger partial charge in [0.25, 0.3) is 5.69 Å². The van der Waals surface area contributed by atoms with E-state index in [0.717, 1.165) is 6.07 Å². The summed E-state index contributed by atoms with van der Waals surface area (Å²) < 4.78 is 18.9. The number of aryl methyl sites for hydroxylation is 1. The van der Waals surface area contributed by atoms with Crippen LogP contribution in [0.4, 0.5) is 20.6 Å². The minimum absolute atomic E-state index is 0.146. The number of carboxylic acid groups (broad SMARTS) is 1. The molecule has 2 rings (SSSR count). The highest BCUT2D eigenvalue weighted by Crippen LogP contribution is 2.33. The molecule has 0 aromatic heterocycles. The molecule has 1 amide bonds. The van der Waals surface area contributed by atoms with Crippen LogP contribution >= 0.6 is 0 Å². The van der Waals surface area contributed by atoms with Crippen molar-refractivity contribution in [2.75, 3.05) is 11.9 Å². The van der Waals surface area contributed by atoms with Gasteiger partial charge in [-0.3, -0.25) is 15.0 Å². The molecule has 0 heterocycles. The van der Waals surface area contributed by atoms with Crippen LogP contribution in [0.3, 0.4) is 0 Å². The monoisotopic (exact) mass is 320 g/mol. The minimum atomic E-state index is -1.35. The number of hydrogen-bond acceptors (Lipinski definition) is 4. The Bertz CT molecular complexity index is 778. The fourth-order valence-electron chi connectivity index (χ4n) is 1.87. The molecular formula is C15H13FN2O5. The van der Waals surface area contributed by atoms with E-state index in [9.17, 15) is 19.3 Å². The van der Waals surface area contributed by atoms with Crippen molar-refractivity contribution in [3.05, 3.63) is 57.9 Å². The third-order valence-electron chi connectivity index (χ3n) is 3.17. The lowest BCUT2D eigenvalue weighted by atomic mass is 10.2. The fraction of sp³-hybridized carbons (Fsp3) is 0.133. The highest BCUT2D eigenvalue weighted by Gasteiger charge is 2.22. The van der Waals surface area contributed by atoms with Crippen molar-refractivity contribution in [1.82, 2.24) is 0 Å². The Labute approximate surface area is 130 Å². The second-order valence-electron chi connectivity index (χ2n) is 4.76. The molecule has 2 aromatic carbocycles. The van der Waals surface area contributed by atoms with Crippen LogP contribution in [0, 0.1) is 22.9 Å². The van der Waals surface area contributed by atoms with Gasteiger partial charge in [-0.25, -0.2) is 9.18 Å². The van der Waals surface area contributed by atoms with Crippen molar-refractivity contribution >= 4 is 17.5 Å². The zero-order valence-electron chi connectivity index (χ0n) is 12.3. The lowest BCUT2D eigenvalue weighted by Crippen LogP contribution is -2.24. The second kappa shape index (κ2) is 6.30. The largest absolute Gasteiger partial charge is 0.465 e. The van der Waals surface area contributed by atoms with Crippen molar-refractivity contribution in [2.24, 2.45) is 0 Å². The Balaban J connectivity index is 2.40. The number of benzene rings is 2. The van der Waals surface area contributed by atoms with E-state index in [1.807, 2.05) is 0 Å². The lowest BCUT2D eigenvalue weighted by molar-refractivity contribution is -0.384. The summed E-state index contributed by atoms with van der Waals surface area (Å²) in [7, 11) is 1.18. The van der Waals surface area contributed by atoms with Crippen LogP contribution in [0.15, 0.2) is 36.4 Å². The number of nitro benzene ring substituents is 1. The second-order valence-corrected chi connectivity index (χ2v) is 4.76. The predicted molar refractivity (Wildman–Crippen MR) is 80.7 cm³/mol. The van der Waals surface area contributed by atoms with E-state index in [2.05, 4.69) is 0 Å². The molecular weight excluding hydrogens is 307 g/mol. The molecule has 0 fully saturated rings. The topological polar surface area (TPSA) is 92.9 Å². The number of anilines is 1. The average molecular weight is 320 g/mol. The normalized spacial score (nSPS) is 10.2. The summed E-state index contributed by atoms with van der Waals surface area (Å²) in [6, 6.07) is 7.91. The van der Waals surface area contributed by atoms with E-state index in [0.29, 0.717) is 10.5 Å². The van der Waals surface area contributed by atoms with Crippen LogP contribution in [-0.2, 0) is 0 Å². The molecule has 0 atom stereocenters. The smallest absolute Gasteiger partial charge is 0.411 e. The predicted octanol–water partition coefficient (Wildman–Crippen LogP) is 3.95. The first kappa shape index (κ1) is 16.2. The molecule has 0 radical (unpaired) electrons. The molecule has 23 heavy (non-hydrogen) atoms. The number of rotatable bonds is 4. The first-order valence-corrected chi connectivity index (χ1v) is 6.48. The van der Waals surface area contributed by atoms with Gasteiger partial charge in [0.05, 0.1) is 4.92 Å². The summed E-state index contributed by atoms with van der Waals surface area (Å²) in [4.78, 5) is 22.1. The Morgan fingerprint density at radius 1 is 1.26 bits per heavy atom. The molecule has 2 aromatic rings. The zero-order valence-corrected chi connectivity index (χ0v) is 12.3. The van der Waals surface area contributed by atoms with E-state index in [1.165, 1.54) is 31.3 Å². The van der Waals surface area contributed by atoms with Gasteiger partial charge in [-0.15, -0.1) is 0 Å². The van der Waals surface area contributed by atoms with Gasteiger partial charge in [0.15, 0.2) is 0 Å². The Hall–Kier alpha value is -3.16. The van der Waals surface area contributed by atoms with Gasteiger partial charge in [0.1, 0.15) is 23.0 Å². The number of nitro groups is 1. The number of carbonyl (C=O) groups is 1. The number of hydrogen-bond donors (Lipinski definition) is 1. The SMILES string of the molecule is Cc1ccc(Oc2ccc([N+](=O)[O-])c(N(C)C(=O)O)c2)cc1F. The first-order valence-electron chi connectivity index (χ1n) is 6.48. The highest BCUT2D eigenvalue weighted by atomic mass is 19.1. The summed E-state index contributed by atoms with van der Waals surface area (Å²) in [6.45, 7) is 1.60. The molecule has 0 spiro atoms. The van der Waals surface area contributed by atoms with Crippen LogP contribution in [-0.4, -0.2) is 23.2 Å². The van der Waals surface area contributed by atoms with Crippen molar-refractivity contribution in [3.63, 3.8) is 0 Å². The van der Waals surface area contributed by atoms with Gasteiger partial charge in [-0.2, -0.15) is 0 Å². The maximum Gasteiger partial charge on any atom is 0.411 e. The van der Waals surface area contributed by atoms with E-state index >= 15 is 0 Å². The Morgan fingerprint density at radius 2 is 1.87 bits per heavy atom. The van der Waals surface area contributed by atoms with Crippen molar-refractivity contribution in [1.29, 1.82) is 0 Å². The van der Waals surface area contributed by atoms with Crippen LogP contribution in [0.25, 0.3) is 0 Å². The van der Waals surface area contributed by atoms with Crippen LogP contribution in [0.1, 0.15) is 5.56 Å². The molecule has 1 N–H and O–H groups in total. The van der Waals surface area contributed by atoms with Gasteiger partial charge in [-0.1, -0.05) is 6.07 Å². The maximum atomic E-state index is 13.5. The van der Waals surface area contributed by atoms with Gasteiger partial charge < -0.3 is 9.84 Å². The quantitative estimate of drug-likeness (QED) is 0.680. The van der Waals surface area contributed by atoms with Crippen molar-refractivity contribution < 1.29 is 24.0 Å². The summed E-state index contributed by atoms with van der Waals surface area (Å²) in [5.74, 6) is -0.0971. The molecule has 8 heteroatoms. The van der Waals surface area contributed by atoms with Crippen LogP contribution in [0.5, 0.6) is 11.5 Å². The van der Waals surface area contributed by atoms with Gasteiger partial charge in [-0.05, 0) is 24.6 Å². The molecule has 0 bridgehead atoms. The Kier molecular flexibility index (Phi) is 4.44. The molecule has 7 nitrogen and oxygen atoms in total. The zero-order chi connectivity index (χ0) is 17.1. The minimum Gasteiger partial charge on any atom is -0.465 e. The summed E-state index contributed by atoms with van der Waals surface area (Å²) in [6.07, 6.45) is -1.35. The molecule has 0 unspecified atom stereocenters. The summed E-state index contributed by atoms with van der Waals surface area (Å²) in [5, 5.41) is 20.0. The van der Waals surface area contributed by atoms with E-state index in [1.54, 1.807) is 13.0 Å². The van der Waals surface area contributed by atoms with Gasteiger partial charge in [0.2, 0.25) is 0 Å². The van der Waals surface area contributed by atoms with Crippen LogP contribution in [0.2, 0.25) is 0 Å². The van der Waals surface area contributed by atoms with Crippen molar-refractivity contribution in [2.45, 2.75) is 6.92 Å². The first-order chi connectivity index (χ1) is 10.8. The van der Waals surface area contributed by atoms with Crippen molar-refractivity contribution in [3.8, 4) is 11.5 Å². The van der Waals surface area contributed by atoms with E-state index in [4.69, 9.17) is 9.84 Å². The lowest BCUT2D eigenvalue weighted by Gasteiger charge is -2.15. The van der Waals surface area contributed by atoms with E-state index < -0.39 is 16.8 Å². The molecule has 0 aliphatic rings. The standard InChI is InChI=1S/C15H13FN2O5/c1-9-3-4-10(7-12(9)16)23-11-5-6-13(18(21)22)14(8-11)17(2)15(19)20/h3-8H,1-2H3,(H,19,20). The van der Waals surface area contributed by atoms with Gasteiger partial charge in [0, 0.05) is 25.2 Å². The third kappa shape index (κ3) is 3.54. The molecule has 0 saturated heterocycles. The molecule has 120 valence electrons. The molecule has 0 aliphatic carbocycles. The summed E-state index contributed by atoms with van der Waals surface area (Å²) >= 11 is 0. The van der Waals surface area contributed by atoms with E-state index in [-0.39, 0.29) is 22.9 Å². The summed E-state index contributed by atoms with van der Waals surface area (Å²) in [5.41, 5.74) is -0.0720. The van der Waals surface area contributed by atoms with Crippen LogP contribution < -0.4 is 9.64 Å². The number of nitrogens with zero attached hydrogens (tertiary/aromatic N) is 2. The Morgan fingerprint density at radius 3 is 2.43 bits per heavy atom. The average Bonchev–Trinajstić information content (AvgIpc) is 2.49. The molecule has 0 saturated carbocycles. The highest BCUT2D eigenvalue weighted by molar-refractivity contribution is 5.89. The third-order valence-corrected chi connectivity index (χ3v) is 3.17. The number of halogens is 1. The molecule has 0 aliphatic heterocycles. The van der Waals surface area contributed by atoms with Gasteiger partial charge >= 0.3 is 6.09 Å². The fourth-order valence-corrected chi connectivity index (χ4v) is 1.87. The number of ether oxygens (including phenoxy) is 1. The number of amides is 1. The maximum absolute atomic E-state index is 13.5.